The highest BCUT2D eigenvalue weighted by atomic mass is 16.1. The molecule has 0 spiro atoms. The van der Waals surface area contributed by atoms with Crippen molar-refractivity contribution in [1.82, 2.24) is 10.2 Å². The molecule has 1 rings (SSSR count). The third-order valence-corrected chi connectivity index (χ3v) is 2.09. The summed E-state index contributed by atoms with van der Waals surface area (Å²) in [6.45, 7) is 9.40. The van der Waals surface area contributed by atoms with Gasteiger partial charge in [-0.15, -0.1) is 0 Å². The first-order chi connectivity index (χ1) is 7.04. The number of carbonyl (C=O) groups is 1. The lowest BCUT2D eigenvalue weighted by atomic mass is 10.0. The third kappa shape index (κ3) is 2.98. The third-order valence-electron chi connectivity index (χ3n) is 2.09. The zero-order valence-electron chi connectivity index (χ0n) is 9.50. The monoisotopic (exact) mass is 204 g/mol. The lowest BCUT2D eigenvalue weighted by Gasteiger charge is -2.05. The van der Waals surface area contributed by atoms with Crippen LogP contribution >= 0.6 is 0 Å². The van der Waals surface area contributed by atoms with E-state index in [4.69, 9.17) is 0 Å². The van der Waals surface area contributed by atoms with Crippen LogP contribution in [0.1, 0.15) is 42.0 Å². The molecule has 0 aliphatic carbocycles. The van der Waals surface area contributed by atoms with E-state index in [0.717, 1.165) is 23.4 Å². The lowest BCUT2D eigenvalue weighted by molar-refractivity contribution is 0.0991. The number of aromatic nitrogens is 2. The summed E-state index contributed by atoms with van der Waals surface area (Å²) in [5, 5.41) is 7.97. The van der Waals surface area contributed by atoms with Gasteiger partial charge in [-0.1, -0.05) is 19.1 Å². The van der Waals surface area contributed by atoms with Crippen molar-refractivity contribution in [2.24, 2.45) is 0 Å². The zero-order chi connectivity index (χ0) is 11.4. The number of ketones is 1. The highest BCUT2D eigenvalue weighted by molar-refractivity contribution is 5.98. The molecule has 0 bridgehead atoms. The van der Waals surface area contributed by atoms with Gasteiger partial charge in [-0.3, -0.25) is 4.79 Å². The minimum atomic E-state index is 0.0809. The molecule has 0 saturated carbocycles. The van der Waals surface area contributed by atoms with Crippen LogP contribution in [0.15, 0.2) is 18.2 Å². The summed E-state index contributed by atoms with van der Waals surface area (Å²) in [7, 11) is 0. The van der Waals surface area contributed by atoms with Crippen molar-refractivity contribution in [3.63, 3.8) is 0 Å². The largest absolute Gasteiger partial charge is 0.294 e. The molecule has 0 amide bonds. The predicted molar refractivity (Wildman–Crippen MR) is 59.9 cm³/mol. The smallest absolute Gasteiger partial charge is 0.168 e. The van der Waals surface area contributed by atoms with Crippen molar-refractivity contribution in [3.05, 3.63) is 35.2 Å². The summed E-state index contributed by atoms with van der Waals surface area (Å²) in [6, 6.07) is 1.80. The Morgan fingerprint density at radius 2 is 2.13 bits per heavy atom. The molecule has 1 heterocycles. The molecule has 15 heavy (non-hydrogen) atoms. The van der Waals surface area contributed by atoms with Crippen molar-refractivity contribution in [2.45, 2.75) is 33.6 Å². The molecule has 0 unspecified atom stereocenters. The Kier molecular flexibility index (Phi) is 3.72. The Bertz CT molecular complexity index is 397. The summed E-state index contributed by atoms with van der Waals surface area (Å²) in [4.78, 5) is 11.9. The van der Waals surface area contributed by atoms with Gasteiger partial charge < -0.3 is 0 Å². The second-order valence-electron chi connectivity index (χ2n) is 3.76. The van der Waals surface area contributed by atoms with Crippen molar-refractivity contribution >= 4 is 5.78 Å². The van der Waals surface area contributed by atoms with E-state index in [-0.39, 0.29) is 5.78 Å². The van der Waals surface area contributed by atoms with E-state index in [9.17, 15) is 4.79 Å². The summed E-state index contributed by atoms with van der Waals surface area (Å²) in [6.07, 6.45) is 1.11. The van der Waals surface area contributed by atoms with Gasteiger partial charge in [-0.05, 0) is 26.3 Å². The number of hydrogen-bond acceptors (Lipinski definition) is 3. The van der Waals surface area contributed by atoms with Gasteiger partial charge in [0.2, 0.25) is 0 Å². The second-order valence-corrected chi connectivity index (χ2v) is 3.76. The number of hydrogen-bond donors (Lipinski definition) is 0. The fraction of sp³-hybridized carbons (Fsp3) is 0.417. The van der Waals surface area contributed by atoms with Gasteiger partial charge in [0.25, 0.3) is 0 Å². The molecule has 3 nitrogen and oxygen atoms in total. The fourth-order valence-corrected chi connectivity index (χ4v) is 1.39. The van der Waals surface area contributed by atoms with Crippen LogP contribution in [0.5, 0.6) is 0 Å². The molecule has 0 N–H and O–H groups in total. The Morgan fingerprint density at radius 1 is 1.47 bits per heavy atom. The SMILES string of the molecule is C=C(C)CC(=O)c1cc(C)nnc1CC. The van der Waals surface area contributed by atoms with Crippen LogP contribution in [0.3, 0.4) is 0 Å². The Hall–Kier alpha value is -1.51. The highest BCUT2D eigenvalue weighted by Crippen LogP contribution is 2.12. The lowest BCUT2D eigenvalue weighted by Crippen LogP contribution is -2.08. The van der Waals surface area contributed by atoms with Crippen molar-refractivity contribution in [3.8, 4) is 0 Å². The summed E-state index contributed by atoms with van der Waals surface area (Å²) < 4.78 is 0. The number of aryl methyl sites for hydroxylation is 2. The van der Waals surface area contributed by atoms with Gasteiger partial charge in [0.1, 0.15) is 0 Å². The molecule has 0 aliphatic rings. The second kappa shape index (κ2) is 4.82. The summed E-state index contributed by atoms with van der Waals surface area (Å²) in [5.41, 5.74) is 3.11. The summed E-state index contributed by atoms with van der Waals surface area (Å²) in [5.74, 6) is 0.0809. The Morgan fingerprint density at radius 3 is 2.67 bits per heavy atom. The number of allylic oxidation sites excluding steroid dienone is 1. The fourth-order valence-electron chi connectivity index (χ4n) is 1.39. The molecule has 1 aromatic heterocycles. The van der Waals surface area contributed by atoms with Gasteiger partial charge in [-0.25, -0.2) is 0 Å². The van der Waals surface area contributed by atoms with Crippen LogP contribution < -0.4 is 0 Å². The quantitative estimate of drug-likeness (QED) is 0.559. The number of rotatable bonds is 4. The van der Waals surface area contributed by atoms with E-state index in [1.54, 1.807) is 6.07 Å². The molecular formula is C12H16N2O. The highest BCUT2D eigenvalue weighted by Gasteiger charge is 2.12. The van der Waals surface area contributed by atoms with E-state index in [0.29, 0.717) is 12.0 Å². The van der Waals surface area contributed by atoms with Gasteiger partial charge in [-0.2, -0.15) is 10.2 Å². The van der Waals surface area contributed by atoms with E-state index in [1.807, 2.05) is 20.8 Å². The predicted octanol–water partition coefficient (Wildman–Crippen LogP) is 2.50. The van der Waals surface area contributed by atoms with E-state index >= 15 is 0 Å². The first-order valence-electron chi connectivity index (χ1n) is 5.05. The number of nitrogens with zero attached hydrogens (tertiary/aromatic N) is 2. The van der Waals surface area contributed by atoms with Crippen LogP contribution in [0, 0.1) is 6.92 Å². The number of carbonyl (C=O) groups excluding carboxylic acids is 1. The van der Waals surface area contributed by atoms with Crippen LogP contribution in [0.25, 0.3) is 0 Å². The Balaban J connectivity index is 3.05. The summed E-state index contributed by atoms with van der Waals surface area (Å²) >= 11 is 0. The van der Waals surface area contributed by atoms with Crippen LogP contribution in [0.2, 0.25) is 0 Å². The van der Waals surface area contributed by atoms with Crippen LogP contribution in [-0.2, 0) is 6.42 Å². The topological polar surface area (TPSA) is 42.9 Å². The van der Waals surface area contributed by atoms with E-state index in [1.165, 1.54) is 0 Å². The molecule has 0 saturated heterocycles. The zero-order valence-corrected chi connectivity index (χ0v) is 9.50. The molecule has 0 atom stereocenters. The van der Waals surface area contributed by atoms with Crippen LogP contribution in [-0.4, -0.2) is 16.0 Å². The maximum Gasteiger partial charge on any atom is 0.168 e. The first-order valence-corrected chi connectivity index (χ1v) is 5.05. The average molecular weight is 204 g/mol. The maximum atomic E-state index is 11.9. The van der Waals surface area contributed by atoms with E-state index < -0.39 is 0 Å². The molecular weight excluding hydrogens is 188 g/mol. The van der Waals surface area contributed by atoms with Crippen molar-refractivity contribution < 1.29 is 4.79 Å². The maximum absolute atomic E-state index is 11.9. The van der Waals surface area contributed by atoms with Gasteiger partial charge >= 0.3 is 0 Å². The minimum absolute atomic E-state index is 0.0809. The number of Topliss-reactive ketones (excluding diaryl/α,β-unsaturated/α-hetero) is 1. The van der Waals surface area contributed by atoms with Crippen molar-refractivity contribution in [1.29, 1.82) is 0 Å². The first kappa shape index (κ1) is 11.6. The molecule has 0 fully saturated rings. The van der Waals surface area contributed by atoms with Crippen LogP contribution in [0.4, 0.5) is 0 Å². The minimum Gasteiger partial charge on any atom is -0.294 e. The molecule has 1 aromatic rings. The normalized spacial score (nSPS) is 10.1. The molecule has 3 heteroatoms. The Labute approximate surface area is 90.2 Å². The standard InChI is InChI=1S/C12H16N2O/c1-5-11-10(7-9(4)13-14-11)12(15)6-8(2)3/h7H,2,5-6H2,1,3-4H3. The van der Waals surface area contributed by atoms with Gasteiger partial charge in [0, 0.05) is 12.0 Å². The molecule has 80 valence electrons. The average Bonchev–Trinajstić information content (AvgIpc) is 2.16. The van der Waals surface area contributed by atoms with E-state index in [2.05, 4.69) is 16.8 Å². The van der Waals surface area contributed by atoms with Crippen molar-refractivity contribution in [2.75, 3.05) is 0 Å². The molecule has 0 aromatic carbocycles. The van der Waals surface area contributed by atoms with Gasteiger partial charge in [0.05, 0.1) is 11.4 Å². The van der Waals surface area contributed by atoms with Gasteiger partial charge in [0.15, 0.2) is 5.78 Å². The molecule has 0 aliphatic heterocycles. The molecule has 0 radical (unpaired) electrons.